The lowest BCUT2D eigenvalue weighted by Crippen LogP contribution is -2.45. The summed E-state index contributed by atoms with van der Waals surface area (Å²) in [4.78, 5) is 12.9. The van der Waals surface area contributed by atoms with Crippen LogP contribution in [0.25, 0.3) is 11.4 Å². The molecule has 4 nitrogen and oxygen atoms in total. The molecule has 4 rings (SSSR count). The summed E-state index contributed by atoms with van der Waals surface area (Å²) in [5.74, 6) is 0.621. The van der Waals surface area contributed by atoms with E-state index in [9.17, 15) is 13.2 Å². The van der Waals surface area contributed by atoms with Gasteiger partial charge in [0.1, 0.15) is 5.82 Å². The average molecular weight is 419 g/mol. The third-order valence-corrected chi connectivity index (χ3v) is 6.36. The number of hydrogen-bond acceptors (Lipinski definition) is 3. The smallest absolute Gasteiger partial charge is 0.372 e. The largest absolute Gasteiger partial charge is 0.416 e. The molecule has 0 aliphatic carbocycles. The lowest BCUT2D eigenvalue weighted by atomic mass is 9.98. The molecule has 2 aliphatic rings. The minimum atomic E-state index is -4.32. The molecule has 2 fully saturated rings. The fourth-order valence-corrected chi connectivity index (χ4v) is 4.56. The molecule has 0 saturated carbocycles. The summed E-state index contributed by atoms with van der Waals surface area (Å²) in [5.41, 5.74) is 3.25. The number of aryl methyl sites for hydroxylation is 1. The van der Waals surface area contributed by atoms with E-state index in [-0.39, 0.29) is 0 Å². The van der Waals surface area contributed by atoms with Gasteiger partial charge in [-0.25, -0.2) is 4.98 Å². The van der Waals surface area contributed by atoms with E-state index in [0.29, 0.717) is 17.4 Å². The van der Waals surface area contributed by atoms with Crippen molar-refractivity contribution < 1.29 is 13.2 Å². The van der Waals surface area contributed by atoms with Crippen molar-refractivity contribution in [2.75, 3.05) is 19.6 Å². The molecule has 0 spiro atoms. The second-order valence-electron chi connectivity index (χ2n) is 8.46. The normalized spacial score (nSPS) is 19.5. The molecule has 3 heterocycles. The van der Waals surface area contributed by atoms with Crippen LogP contribution in [0.1, 0.15) is 49.1 Å². The number of piperidine rings is 2. The third kappa shape index (κ3) is 4.56. The van der Waals surface area contributed by atoms with Crippen molar-refractivity contribution in [3.05, 3.63) is 53.5 Å². The lowest BCUT2D eigenvalue weighted by Gasteiger charge is -2.42. The Bertz CT molecular complexity index is 877. The van der Waals surface area contributed by atoms with Crippen molar-refractivity contribution in [2.45, 2.75) is 57.8 Å². The summed E-state index contributed by atoms with van der Waals surface area (Å²) in [5, 5.41) is 0. The van der Waals surface area contributed by atoms with Gasteiger partial charge in [-0.1, -0.05) is 18.7 Å². The van der Waals surface area contributed by atoms with Gasteiger partial charge in [-0.15, -0.1) is 0 Å². The zero-order chi connectivity index (χ0) is 21.3. The molecule has 1 aromatic heterocycles. The van der Waals surface area contributed by atoms with Crippen LogP contribution in [0.2, 0.25) is 0 Å². The highest BCUT2D eigenvalue weighted by Crippen LogP contribution is 2.31. The van der Waals surface area contributed by atoms with Crippen molar-refractivity contribution in [3.8, 4) is 11.4 Å². The minimum absolute atomic E-state index is 0.594. The first kappa shape index (κ1) is 21.0. The van der Waals surface area contributed by atoms with Crippen LogP contribution in [-0.2, 0) is 12.7 Å². The molecule has 2 aromatic rings. The van der Waals surface area contributed by atoms with Crippen molar-refractivity contribution in [1.29, 1.82) is 0 Å². The second kappa shape index (κ2) is 8.46. The first-order valence-corrected chi connectivity index (χ1v) is 10.7. The van der Waals surface area contributed by atoms with Crippen LogP contribution in [-0.4, -0.2) is 45.4 Å². The van der Waals surface area contributed by atoms with Gasteiger partial charge in [-0.2, -0.15) is 13.2 Å². The van der Waals surface area contributed by atoms with Crippen LogP contribution in [0, 0.1) is 6.92 Å². The molecule has 2 saturated heterocycles. The summed E-state index contributed by atoms with van der Waals surface area (Å²) in [6.07, 6.45) is 1.59. The van der Waals surface area contributed by atoms with E-state index >= 15 is 0 Å². The van der Waals surface area contributed by atoms with Gasteiger partial charge in [-0.3, -0.25) is 4.90 Å². The van der Waals surface area contributed by atoms with Gasteiger partial charge in [0.2, 0.25) is 0 Å². The Morgan fingerprint density at radius 2 is 1.80 bits per heavy atom. The number of likely N-dealkylation sites (tertiary alicyclic amines) is 2. The van der Waals surface area contributed by atoms with Crippen LogP contribution in [0.15, 0.2) is 36.5 Å². The number of benzene rings is 1. The number of aromatic nitrogens is 2. The predicted octanol–water partition coefficient (Wildman–Crippen LogP) is 5.37. The van der Waals surface area contributed by atoms with Gasteiger partial charge in [0.25, 0.3) is 0 Å². The quantitative estimate of drug-likeness (QED) is 0.725. The Balaban J connectivity index is 1.37. The van der Waals surface area contributed by atoms with Gasteiger partial charge < -0.3 is 9.88 Å². The highest BCUT2D eigenvalue weighted by Gasteiger charge is 2.30. The molecule has 1 aromatic carbocycles. The highest BCUT2D eigenvalue weighted by atomic mass is 19.4. The Morgan fingerprint density at radius 1 is 1.10 bits per heavy atom. The molecule has 0 atom stereocenters. The minimum Gasteiger partial charge on any atom is -0.372 e. The Labute approximate surface area is 175 Å². The number of rotatable bonds is 4. The topological polar surface area (TPSA) is 35.2 Å². The maximum Gasteiger partial charge on any atom is 0.416 e. The van der Waals surface area contributed by atoms with E-state index in [0.717, 1.165) is 69.0 Å². The van der Waals surface area contributed by atoms with Crippen LogP contribution in [0.4, 0.5) is 13.2 Å². The second-order valence-corrected chi connectivity index (χ2v) is 8.46. The van der Waals surface area contributed by atoms with Crippen LogP contribution in [0.5, 0.6) is 0 Å². The number of nitrogens with zero attached hydrogens (tertiary/aromatic N) is 3. The number of aromatic amines is 1. The summed E-state index contributed by atoms with van der Waals surface area (Å²) in [6, 6.07) is 5.75. The number of nitrogens with one attached hydrogen (secondary N) is 1. The summed E-state index contributed by atoms with van der Waals surface area (Å²) in [6.45, 7) is 10.2. The van der Waals surface area contributed by atoms with Crippen LogP contribution >= 0.6 is 0 Å². The molecular formula is C23H29F3N4. The molecule has 0 bridgehead atoms. The Hall–Kier alpha value is -2.28. The summed E-state index contributed by atoms with van der Waals surface area (Å²) < 4.78 is 38.3. The van der Waals surface area contributed by atoms with E-state index in [4.69, 9.17) is 0 Å². The highest BCUT2D eigenvalue weighted by molar-refractivity contribution is 5.56. The fraction of sp³-hybridized carbons (Fsp3) is 0.522. The monoisotopic (exact) mass is 418 g/mol. The number of hydrogen-bond donors (Lipinski definition) is 1. The maximum atomic E-state index is 12.8. The molecule has 30 heavy (non-hydrogen) atoms. The van der Waals surface area contributed by atoms with E-state index in [1.54, 1.807) is 0 Å². The Kier molecular flexibility index (Phi) is 5.91. The molecule has 0 radical (unpaired) electrons. The number of H-pyrrole nitrogens is 1. The average Bonchev–Trinajstić information content (AvgIpc) is 3.09. The van der Waals surface area contributed by atoms with E-state index in [1.165, 1.54) is 30.7 Å². The molecule has 162 valence electrons. The van der Waals surface area contributed by atoms with Crippen molar-refractivity contribution in [2.24, 2.45) is 0 Å². The van der Waals surface area contributed by atoms with E-state index < -0.39 is 11.7 Å². The maximum absolute atomic E-state index is 12.8. The zero-order valence-electron chi connectivity index (χ0n) is 17.4. The standard InChI is InChI=1S/C23H29F3N4/c1-16-5-3-4-12-30(16)20-10-13-29(14-11-20)15-21-17(2)27-22(28-21)18-6-8-19(9-7-18)23(24,25)26/h6-9,20H,1,3-5,10-15H2,2H3,(H,27,28). The summed E-state index contributed by atoms with van der Waals surface area (Å²) >= 11 is 0. The van der Waals surface area contributed by atoms with Gasteiger partial charge >= 0.3 is 6.18 Å². The molecule has 0 unspecified atom stereocenters. The van der Waals surface area contributed by atoms with Crippen LogP contribution in [0.3, 0.4) is 0 Å². The summed E-state index contributed by atoms with van der Waals surface area (Å²) in [7, 11) is 0. The predicted molar refractivity (Wildman–Crippen MR) is 112 cm³/mol. The van der Waals surface area contributed by atoms with Gasteiger partial charge in [0.05, 0.1) is 11.3 Å². The first-order valence-electron chi connectivity index (χ1n) is 10.7. The SMILES string of the molecule is C=C1CCCCN1C1CCN(Cc2nc(-c3ccc(C(F)(F)F)cc3)[nH]c2C)CC1. The molecule has 2 aliphatic heterocycles. The fourth-order valence-electron chi connectivity index (χ4n) is 4.56. The van der Waals surface area contributed by atoms with E-state index in [2.05, 4.69) is 26.3 Å². The Morgan fingerprint density at radius 3 is 2.43 bits per heavy atom. The lowest BCUT2D eigenvalue weighted by molar-refractivity contribution is -0.137. The first-order chi connectivity index (χ1) is 14.3. The number of allylic oxidation sites excluding steroid dienone is 1. The number of halogens is 3. The van der Waals surface area contributed by atoms with Crippen molar-refractivity contribution in [3.63, 3.8) is 0 Å². The molecule has 7 heteroatoms. The molecule has 0 amide bonds. The van der Waals surface area contributed by atoms with Crippen LogP contribution < -0.4 is 0 Å². The van der Waals surface area contributed by atoms with E-state index in [1.807, 2.05) is 6.92 Å². The number of alkyl halides is 3. The van der Waals surface area contributed by atoms with Gasteiger partial charge in [0, 0.05) is 49.2 Å². The number of imidazole rings is 1. The van der Waals surface area contributed by atoms with Crippen molar-refractivity contribution in [1.82, 2.24) is 19.8 Å². The van der Waals surface area contributed by atoms with Gasteiger partial charge in [-0.05, 0) is 51.2 Å². The molecule has 1 N–H and O–H groups in total. The zero-order valence-corrected chi connectivity index (χ0v) is 17.4. The third-order valence-electron chi connectivity index (χ3n) is 6.36. The van der Waals surface area contributed by atoms with Gasteiger partial charge in [0.15, 0.2) is 0 Å². The van der Waals surface area contributed by atoms with Crippen molar-refractivity contribution >= 4 is 0 Å². The molecular weight excluding hydrogens is 389 g/mol.